The van der Waals surface area contributed by atoms with Crippen LogP contribution in [0.1, 0.15) is 43.6 Å². The standard InChI is InChI=1S/C13H26N2O.C10H6FNO2/c1-10(2)7-12(9-16)15(4)8-13(14-3)11-5-6-11;11-8-3-1-7(2-4-8)10-5-9(6-13)12-14-10/h9-14H,5-8H2,1-4H3;1-6H. The molecule has 0 aliphatic heterocycles. The van der Waals surface area contributed by atoms with Gasteiger partial charge >= 0.3 is 0 Å². The maximum Gasteiger partial charge on any atom is 0.171 e. The Morgan fingerprint density at radius 1 is 1.27 bits per heavy atom. The maximum atomic E-state index is 12.6. The molecule has 2 atom stereocenters. The zero-order valence-corrected chi connectivity index (χ0v) is 18.2. The minimum absolute atomic E-state index is 0.0783. The molecule has 0 bridgehead atoms. The number of hydrogen-bond donors (Lipinski definition) is 1. The molecule has 0 radical (unpaired) electrons. The van der Waals surface area contributed by atoms with Crippen molar-refractivity contribution in [3.63, 3.8) is 0 Å². The van der Waals surface area contributed by atoms with Gasteiger partial charge in [-0.15, -0.1) is 0 Å². The Bertz CT molecular complexity index is 787. The number of hydrogen-bond acceptors (Lipinski definition) is 6. The van der Waals surface area contributed by atoms with Gasteiger partial charge in [0.2, 0.25) is 0 Å². The number of benzene rings is 1. The van der Waals surface area contributed by atoms with Crippen LogP contribution in [-0.4, -0.2) is 55.4 Å². The number of likely N-dealkylation sites (N-methyl/N-ethyl adjacent to an activating group) is 2. The zero-order chi connectivity index (χ0) is 22.1. The molecule has 7 heteroatoms. The van der Waals surface area contributed by atoms with Gasteiger partial charge < -0.3 is 14.6 Å². The Kier molecular flexibility index (Phi) is 9.33. The third-order valence-corrected chi connectivity index (χ3v) is 5.26. The minimum atomic E-state index is -0.316. The van der Waals surface area contributed by atoms with Gasteiger partial charge in [0, 0.05) is 24.2 Å². The summed E-state index contributed by atoms with van der Waals surface area (Å²) < 4.78 is 17.4. The van der Waals surface area contributed by atoms with Crippen LogP contribution < -0.4 is 5.32 Å². The molecule has 1 saturated carbocycles. The number of carbonyl (C=O) groups excluding carboxylic acids is 2. The van der Waals surface area contributed by atoms with E-state index in [0.29, 0.717) is 29.6 Å². The number of aromatic nitrogens is 1. The second-order valence-electron chi connectivity index (χ2n) is 8.25. The predicted molar refractivity (Wildman–Crippen MR) is 115 cm³/mol. The van der Waals surface area contributed by atoms with Gasteiger partial charge in [-0.3, -0.25) is 9.69 Å². The van der Waals surface area contributed by atoms with Crippen LogP contribution in [0.2, 0.25) is 0 Å². The summed E-state index contributed by atoms with van der Waals surface area (Å²) in [6, 6.07) is 7.89. The van der Waals surface area contributed by atoms with E-state index in [1.54, 1.807) is 12.1 Å². The van der Waals surface area contributed by atoms with E-state index >= 15 is 0 Å². The molecule has 6 nitrogen and oxygen atoms in total. The highest BCUT2D eigenvalue weighted by molar-refractivity contribution is 5.74. The molecule has 0 amide bonds. The minimum Gasteiger partial charge on any atom is -0.356 e. The second-order valence-corrected chi connectivity index (χ2v) is 8.25. The van der Waals surface area contributed by atoms with Crippen LogP contribution in [0, 0.1) is 17.7 Å². The fourth-order valence-electron chi connectivity index (χ4n) is 3.34. The van der Waals surface area contributed by atoms with E-state index < -0.39 is 0 Å². The van der Waals surface area contributed by atoms with Crippen molar-refractivity contribution in [3.05, 3.63) is 41.8 Å². The fraction of sp³-hybridized carbons (Fsp3) is 0.522. The van der Waals surface area contributed by atoms with Crippen molar-refractivity contribution in [1.82, 2.24) is 15.4 Å². The third kappa shape index (κ3) is 7.46. The first-order valence-electron chi connectivity index (χ1n) is 10.4. The lowest BCUT2D eigenvalue weighted by atomic mass is 10.0. The van der Waals surface area contributed by atoms with E-state index in [1.165, 1.54) is 31.0 Å². The Morgan fingerprint density at radius 2 is 1.93 bits per heavy atom. The quantitative estimate of drug-likeness (QED) is 0.592. The SMILES string of the molecule is CNC(CN(C)C(C=O)CC(C)C)C1CC1.O=Cc1cc(-c2ccc(F)cc2)on1. The van der Waals surface area contributed by atoms with Crippen molar-refractivity contribution in [3.8, 4) is 11.3 Å². The van der Waals surface area contributed by atoms with Gasteiger partial charge in [-0.25, -0.2) is 4.39 Å². The zero-order valence-electron chi connectivity index (χ0n) is 18.2. The molecular formula is C23H32FN3O3. The number of nitrogens with zero attached hydrogens (tertiary/aromatic N) is 2. The highest BCUT2D eigenvalue weighted by Crippen LogP contribution is 2.33. The fourth-order valence-corrected chi connectivity index (χ4v) is 3.34. The molecule has 30 heavy (non-hydrogen) atoms. The highest BCUT2D eigenvalue weighted by Gasteiger charge is 2.31. The van der Waals surface area contributed by atoms with Crippen LogP contribution in [-0.2, 0) is 4.79 Å². The first-order valence-corrected chi connectivity index (χ1v) is 10.4. The molecule has 1 heterocycles. The summed E-state index contributed by atoms with van der Waals surface area (Å²) in [6.45, 7) is 5.32. The van der Waals surface area contributed by atoms with Crippen molar-refractivity contribution in [2.24, 2.45) is 11.8 Å². The van der Waals surface area contributed by atoms with Crippen LogP contribution in [0.15, 0.2) is 34.9 Å². The van der Waals surface area contributed by atoms with Crippen LogP contribution in [0.4, 0.5) is 4.39 Å². The second kappa shape index (κ2) is 11.7. The lowest BCUT2D eigenvalue weighted by Crippen LogP contribution is -2.44. The van der Waals surface area contributed by atoms with Crippen molar-refractivity contribution in [1.29, 1.82) is 0 Å². The average molecular weight is 418 g/mol. The summed E-state index contributed by atoms with van der Waals surface area (Å²) in [5.41, 5.74) is 0.913. The first-order chi connectivity index (χ1) is 14.4. The molecule has 1 fully saturated rings. The number of aldehydes is 2. The van der Waals surface area contributed by atoms with Gasteiger partial charge in [-0.2, -0.15) is 0 Å². The number of halogens is 1. The van der Waals surface area contributed by atoms with E-state index in [4.69, 9.17) is 4.52 Å². The Morgan fingerprint density at radius 3 is 2.40 bits per heavy atom. The normalized spacial score (nSPS) is 15.4. The molecule has 1 aliphatic rings. The molecule has 1 aliphatic carbocycles. The van der Waals surface area contributed by atoms with Crippen LogP contribution in [0.3, 0.4) is 0 Å². The van der Waals surface area contributed by atoms with Crippen molar-refractivity contribution < 1.29 is 18.5 Å². The lowest BCUT2D eigenvalue weighted by molar-refractivity contribution is -0.112. The van der Waals surface area contributed by atoms with Gasteiger partial charge in [0.05, 0.1) is 6.04 Å². The number of rotatable bonds is 10. The van der Waals surface area contributed by atoms with E-state index in [1.807, 2.05) is 7.05 Å². The Hall–Kier alpha value is -2.38. The molecule has 2 unspecified atom stereocenters. The van der Waals surface area contributed by atoms with Crippen LogP contribution in [0.25, 0.3) is 11.3 Å². The average Bonchev–Trinajstić information content (AvgIpc) is 3.47. The molecule has 1 aromatic carbocycles. The monoisotopic (exact) mass is 417 g/mol. The molecule has 0 spiro atoms. The van der Waals surface area contributed by atoms with Gasteiger partial charge in [-0.1, -0.05) is 19.0 Å². The topological polar surface area (TPSA) is 75.4 Å². The van der Waals surface area contributed by atoms with E-state index in [-0.39, 0.29) is 17.6 Å². The largest absolute Gasteiger partial charge is 0.356 e. The Balaban J connectivity index is 0.000000215. The van der Waals surface area contributed by atoms with Gasteiger partial charge in [0.25, 0.3) is 0 Å². The summed E-state index contributed by atoms with van der Waals surface area (Å²) in [6.07, 6.45) is 5.34. The van der Waals surface area contributed by atoms with Gasteiger partial charge in [-0.05, 0) is 69.5 Å². The molecule has 1 N–H and O–H groups in total. The summed E-state index contributed by atoms with van der Waals surface area (Å²) >= 11 is 0. The summed E-state index contributed by atoms with van der Waals surface area (Å²) in [5.74, 6) is 1.54. The summed E-state index contributed by atoms with van der Waals surface area (Å²) in [7, 11) is 4.09. The lowest BCUT2D eigenvalue weighted by Gasteiger charge is -2.29. The van der Waals surface area contributed by atoms with E-state index in [2.05, 4.69) is 36.3 Å². The highest BCUT2D eigenvalue weighted by atomic mass is 19.1. The van der Waals surface area contributed by atoms with E-state index in [9.17, 15) is 14.0 Å². The number of nitrogens with one attached hydrogen (secondary N) is 1. The molecule has 2 aromatic rings. The Labute approximate surface area is 177 Å². The molecule has 164 valence electrons. The summed E-state index contributed by atoms with van der Waals surface area (Å²) in [4.78, 5) is 23.6. The molecule has 0 saturated heterocycles. The first kappa shape index (κ1) is 23.9. The van der Waals surface area contributed by atoms with Crippen molar-refractivity contribution in [2.75, 3.05) is 20.6 Å². The third-order valence-electron chi connectivity index (χ3n) is 5.26. The van der Waals surface area contributed by atoms with E-state index in [0.717, 1.165) is 25.2 Å². The molecule has 1 aromatic heterocycles. The number of carbonyl (C=O) groups is 2. The van der Waals surface area contributed by atoms with Crippen LogP contribution in [0.5, 0.6) is 0 Å². The molecule has 3 rings (SSSR count). The summed E-state index contributed by atoms with van der Waals surface area (Å²) in [5, 5.41) is 6.87. The smallest absolute Gasteiger partial charge is 0.171 e. The van der Waals surface area contributed by atoms with Crippen LogP contribution >= 0.6 is 0 Å². The van der Waals surface area contributed by atoms with Gasteiger partial charge in [0.1, 0.15) is 17.8 Å². The van der Waals surface area contributed by atoms with Gasteiger partial charge in [0.15, 0.2) is 12.0 Å². The molecular weight excluding hydrogens is 385 g/mol. The van der Waals surface area contributed by atoms with Crippen molar-refractivity contribution >= 4 is 12.6 Å². The maximum absolute atomic E-state index is 12.6. The predicted octanol–water partition coefficient (Wildman–Crippen LogP) is 3.82. The van der Waals surface area contributed by atoms with Crippen molar-refractivity contribution in [2.45, 2.75) is 45.2 Å².